The largest absolute Gasteiger partial charge is 0.477 e. The lowest BCUT2D eigenvalue weighted by Gasteiger charge is -2.10. The molecule has 1 aliphatic carbocycles. The first kappa shape index (κ1) is 12.7. The van der Waals surface area contributed by atoms with E-state index in [0.29, 0.717) is 0 Å². The van der Waals surface area contributed by atoms with Gasteiger partial charge in [-0.3, -0.25) is 4.79 Å². The molecule has 0 saturated heterocycles. The molecule has 0 spiro atoms. The van der Waals surface area contributed by atoms with Crippen LogP contribution in [-0.2, 0) is 19.6 Å². The van der Waals surface area contributed by atoms with Crippen molar-refractivity contribution in [3.05, 3.63) is 11.0 Å². The van der Waals surface area contributed by atoms with Gasteiger partial charge in [-0.05, 0) is 18.9 Å². The summed E-state index contributed by atoms with van der Waals surface area (Å²) in [6.45, 7) is 0. The molecule has 1 fully saturated rings. The van der Waals surface area contributed by atoms with Gasteiger partial charge in [0.05, 0.1) is 0 Å². The first-order chi connectivity index (χ1) is 8.40. The highest BCUT2D eigenvalue weighted by atomic mass is 32.2. The minimum Gasteiger partial charge on any atom is -0.477 e. The van der Waals surface area contributed by atoms with Gasteiger partial charge in [0.1, 0.15) is 5.71 Å². The molecule has 0 atom stereocenters. The number of rotatable bonds is 3. The van der Waals surface area contributed by atoms with E-state index in [0.717, 1.165) is 31.8 Å². The highest BCUT2D eigenvalue weighted by molar-refractivity contribution is 7.95. The fourth-order valence-corrected chi connectivity index (χ4v) is 2.99. The molecule has 2 rings (SSSR count). The van der Waals surface area contributed by atoms with Crippen LogP contribution in [0.2, 0.25) is 0 Å². The lowest BCUT2D eigenvalue weighted by atomic mass is 10.2. The summed E-state index contributed by atoms with van der Waals surface area (Å²) in [4.78, 5) is 21.5. The maximum absolute atomic E-state index is 11.7. The number of nitrogens with one attached hydrogen (secondary N) is 1. The molecule has 8 heteroatoms. The fourth-order valence-electron chi connectivity index (χ4n) is 2.01. The van der Waals surface area contributed by atoms with E-state index < -0.39 is 26.8 Å². The van der Waals surface area contributed by atoms with Gasteiger partial charge in [-0.2, -0.15) is 12.8 Å². The van der Waals surface area contributed by atoms with Gasteiger partial charge in [-0.25, -0.2) is 4.79 Å². The number of hydrogen-bond donors (Lipinski definition) is 2. The highest BCUT2D eigenvalue weighted by Gasteiger charge is 2.33. The van der Waals surface area contributed by atoms with Crippen molar-refractivity contribution in [1.29, 1.82) is 0 Å². The lowest BCUT2D eigenvalue weighted by Crippen LogP contribution is -2.36. The Labute approximate surface area is 104 Å². The number of sulfonamides is 1. The second-order valence-corrected chi connectivity index (χ2v) is 5.79. The maximum atomic E-state index is 11.7. The van der Waals surface area contributed by atoms with Crippen molar-refractivity contribution in [2.24, 2.45) is 4.40 Å². The zero-order valence-corrected chi connectivity index (χ0v) is 10.2. The Morgan fingerprint density at radius 1 is 1.33 bits per heavy atom. The van der Waals surface area contributed by atoms with Crippen molar-refractivity contribution in [2.75, 3.05) is 0 Å². The molecule has 18 heavy (non-hydrogen) atoms. The number of carbonyl (C=O) groups excluding carboxylic acids is 1. The Hall–Kier alpha value is -1.70. The molecule has 0 aromatic heterocycles. The molecule has 98 valence electrons. The van der Waals surface area contributed by atoms with Crippen LogP contribution >= 0.6 is 0 Å². The van der Waals surface area contributed by atoms with E-state index in [9.17, 15) is 18.0 Å². The SMILES string of the molecule is O=C(O)C1=CC(C(=O)NC2CCCC2)=NS1(=O)=O. The predicted molar refractivity (Wildman–Crippen MR) is 62.5 cm³/mol. The van der Waals surface area contributed by atoms with Crippen LogP contribution in [0.15, 0.2) is 15.4 Å². The van der Waals surface area contributed by atoms with Gasteiger partial charge in [0.2, 0.25) is 0 Å². The Kier molecular flexibility index (Phi) is 3.20. The second-order valence-electron chi connectivity index (χ2n) is 4.22. The van der Waals surface area contributed by atoms with E-state index in [1.165, 1.54) is 0 Å². The van der Waals surface area contributed by atoms with Crippen LogP contribution in [0.4, 0.5) is 0 Å². The van der Waals surface area contributed by atoms with Crippen LogP contribution < -0.4 is 5.32 Å². The third-order valence-electron chi connectivity index (χ3n) is 2.90. The van der Waals surface area contributed by atoms with Crippen LogP contribution in [-0.4, -0.2) is 37.2 Å². The minimum atomic E-state index is -4.23. The molecular weight excluding hydrogens is 260 g/mol. The van der Waals surface area contributed by atoms with Crippen LogP contribution in [0.1, 0.15) is 25.7 Å². The van der Waals surface area contributed by atoms with E-state index in [1.54, 1.807) is 0 Å². The fraction of sp³-hybridized carbons (Fsp3) is 0.500. The van der Waals surface area contributed by atoms with Crippen LogP contribution in [0.25, 0.3) is 0 Å². The quantitative estimate of drug-likeness (QED) is 0.738. The van der Waals surface area contributed by atoms with Gasteiger partial charge < -0.3 is 10.4 Å². The van der Waals surface area contributed by atoms with Crippen molar-refractivity contribution in [2.45, 2.75) is 31.7 Å². The van der Waals surface area contributed by atoms with E-state index in [1.807, 2.05) is 0 Å². The Morgan fingerprint density at radius 2 is 1.94 bits per heavy atom. The van der Waals surface area contributed by atoms with E-state index >= 15 is 0 Å². The van der Waals surface area contributed by atoms with Crippen LogP contribution in [0.5, 0.6) is 0 Å². The first-order valence-electron chi connectivity index (χ1n) is 5.51. The highest BCUT2D eigenvalue weighted by Crippen LogP contribution is 2.20. The monoisotopic (exact) mass is 272 g/mol. The van der Waals surface area contributed by atoms with Crippen molar-refractivity contribution >= 4 is 27.6 Å². The van der Waals surface area contributed by atoms with Gasteiger partial charge in [0, 0.05) is 6.04 Å². The summed E-state index contributed by atoms with van der Waals surface area (Å²) in [6, 6.07) is 0.0187. The molecule has 1 amide bonds. The smallest absolute Gasteiger partial charge is 0.349 e. The van der Waals surface area contributed by atoms with E-state index in [-0.39, 0.29) is 11.8 Å². The number of hydrogen-bond acceptors (Lipinski definition) is 4. The third kappa shape index (κ3) is 2.42. The van der Waals surface area contributed by atoms with Crippen molar-refractivity contribution in [3.63, 3.8) is 0 Å². The third-order valence-corrected chi connectivity index (χ3v) is 4.18. The van der Waals surface area contributed by atoms with Crippen LogP contribution in [0.3, 0.4) is 0 Å². The topological polar surface area (TPSA) is 113 Å². The molecule has 2 N–H and O–H groups in total. The summed E-state index contributed by atoms with van der Waals surface area (Å²) in [5, 5.41) is 11.3. The zero-order chi connectivity index (χ0) is 13.3. The average Bonchev–Trinajstić information content (AvgIpc) is 2.84. The summed E-state index contributed by atoms with van der Waals surface area (Å²) < 4.78 is 25.8. The summed E-state index contributed by atoms with van der Waals surface area (Å²) in [5.74, 6) is -2.25. The zero-order valence-electron chi connectivity index (χ0n) is 9.42. The standard InChI is InChI=1S/C10H12N2O5S/c13-9(11-6-3-1-2-4-6)7-5-8(10(14)15)18(16,17)12-7/h5-6H,1-4H2,(H,11,13)(H,14,15). The summed E-state index contributed by atoms with van der Waals surface area (Å²) in [5.41, 5.74) is -0.362. The molecular formula is C10H12N2O5S. The van der Waals surface area contributed by atoms with Gasteiger partial charge in [0.15, 0.2) is 4.91 Å². The number of amides is 1. The number of carboxylic acid groups (broad SMARTS) is 1. The predicted octanol–water partition coefficient (Wildman–Crippen LogP) is -0.202. The molecule has 0 aromatic carbocycles. The molecule has 0 radical (unpaired) electrons. The van der Waals surface area contributed by atoms with Crippen molar-refractivity contribution in [1.82, 2.24) is 5.32 Å². The molecule has 1 saturated carbocycles. The van der Waals surface area contributed by atoms with E-state index in [2.05, 4.69) is 9.71 Å². The van der Waals surface area contributed by atoms with Gasteiger partial charge in [-0.1, -0.05) is 12.8 Å². The maximum Gasteiger partial charge on any atom is 0.349 e. The average molecular weight is 272 g/mol. The number of nitrogens with zero attached hydrogens (tertiary/aromatic N) is 1. The van der Waals surface area contributed by atoms with E-state index in [4.69, 9.17) is 5.11 Å². The number of carbonyl (C=O) groups is 2. The van der Waals surface area contributed by atoms with Gasteiger partial charge in [-0.15, -0.1) is 0 Å². The molecule has 1 aliphatic heterocycles. The second kappa shape index (κ2) is 4.52. The summed E-state index contributed by atoms with van der Waals surface area (Å²) in [7, 11) is -4.23. The number of aliphatic carboxylic acids is 1. The molecule has 0 unspecified atom stereocenters. The van der Waals surface area contributed by atoms with Gasteiger partial charge in [0.25, 0.3) is 15.9 Å². The Morgan fingerprint density at radius 3 is 2.44 bits per heavy atom. The van der Waals surface area contributed by atoms with Crippen LogP contribution in [0, 0.1) is 0 Å². The Bertz CT molecular complexity index is 555. The minimum absolute atomic E-state index is 0.0187. The molecule has 0 bridgehead atoms. The van der Waals surface area contributed by atoms with Gasteiger partial charge >= 0.3 is 5.97 Å². The molecule has 0 aromatic rings. The molecule has 1 heterocycles. The molecule has 7 nitrogen and oxygen atoms in total. The lowest BCUT2D eigenvalue weighted by molar-refractivity contribution is -0.131. The number of carboxylic acids is 1. The first-order valence-corrected chi connectivity index (χ1v) is 6.95. The molecule has 2 aliphatic rings. The summed E-state index contributed by atoms with van der Waals surface area (Å²) >= 11 is 0. The van der Waals surface area contributed by atoms with Crippen molar-refractivity contribution in [3.8, 4) is 0 Å². The summed E-state index contributed by atoms with van der Waals surface area (Å²) in [6.07, 6.45) is 4.53. The van der Waals surface area contributed by atoms with Crippen molar-refractivity contribution < 1.29 is 23.1 Å². The Balaban J connectivity index is 2.15. The normalized spacial score (nSPS) is 22.4.